The lowest BCUT2D eigenvalue weighted by Crippen LogP contribution is -2.44. The van der Waals surface area contributed by atoms with E-state index in [0.717, 1.165) is 44.7 Å². The van der Waals surface area contributed by atoms with Crippen molar-refractivity contribution in [1.82, 2.24) is 15.2 Å². The first kappa shape index (κ1) is 13.4. The van der Waals surface area contributed by atoms with Crippen LogP contribution in [0.4, 0.5) is 4.39 Å². The van der Waals surface area contributed by atoms with Crippen molar-refractivity contribution in [3.63, 3.8) is 0 Å². The SMILES string of the molecule is Cl.Fc1cnccc1CCN1CCNCC1. The highest BCUT2D eigenvalue weighted by atomic mass is 35.5. The van der Waals surface area contributed by atoms with E-state index in [9.17, 15) is 4.39 Å². The third-order valence-electron chi connectivity index (χ3n) is 2.76. The van der Waals surface area contributed by atoms with Crippen LogP contribution in [0.25, 0.3) is 0 Å². The molecule has 0 aromatic carbocycles. The third kappa shape index (κ3) is 3.70. The van der Waals surface area contributed by atoms with Gasteiger partial charge in [0.1, 0.15) is 5.82 Å². The standard InChI is InChI=1S/C11H16FN3.ClH/c12-11-9-14-3-1-10(11)2-6-15-7-4-13-5-8-15;/h1,3,9,13H,2,4-8H2;1H. The largest absolute Gasteiger partial charge is 0.314 e. The van der Waals surface area contributed by atoms with E-state index in [4.69, 9.17) is 0 Å². The predicted molar refractivity (Wildman–Crippen MR) is 64.5 cm³/mol. The van der Waals surface area contributed by atoms with Gasteiger partial charge < -0.3 is 10.2 Å². The van der Waals surface area contributed by atoms with Gasteiger partial charge in [0.15, 0.2) is 0 Å². The van der Waals surface area contributed by atoms with E-state index in [1.807, 2.05) is 0 Å². The van der Waals surface area contributed by atoms with Crippen LogP contribution >= 0.6 is 12.4 Å². The predicted octanol–water partition coefficient (Wildman–Crippen LogP) is 1.09. The first-order valence-electron chi connectivity index (χ1n) is 5.38. The lowest BCUT2D eigenvalue weighted by atomic mass is 10.2. The van der Waals surface area contributed by atoms with Crippen LogP contribution in [0, 0.1) is 5.82 Å². The van der Waals surface area contributed by atoms with Crippen LogP contribution in [0.1, 0.15) is 5.56 Å². The highest BCUT2D eigenvalue weighted by Gasteiger charge is 2.10. The van der Waals surface area contributed by atoms with Gasteiger partial charge in [-0.05, 0) is 18.1 Å². The molecule has 0 bridgehead atoms. The number of hydrogen-bond acceptors (Lipinski definition) is 3. The van der Waals surface area contributed by atoms with Crippen LogP contribution in [0.2, 0.25) is 0 Å². The molecule has 1 N–H and O–H groups in total. The number of aromatic nitrogens is 1. The lowest BCUT2D eigenvalue weighted by molar-refractivity contribution is 0.243. The molecule has 1 aromatic rings. The second-order valence-electron chi connectivity index (χ2n) is 3.81. The van der Waals surface area contributed by atoms with Crippen molar-refractivity contribution < 1.29 is 4.39 Å². The molecule has 3 nitrogen and oxygen atoms in total. The van der Waals surface area contributed by atoms with Gasteiger partial charge in [0, 0.05) is 38.9 Å². The molecule has 1 aliphatic rings. The van der Waals surface area contributed by atoms with E-state index in [1.165, 1.54) is 6.20 Å². The van der Waals surface area contributed by atoms with Crippen molar-refractivity contribution in [2.24, 2.45) is 0 Å². The number of nitrogens with one attached hydrogen (secondary N) is 1. The molecule has 1 aliphatic heterocycles. The van der Waals surface area contributed by atoms with Crippen LogP contribution < -0.4 is 5.32 Å². The minimum Gasteiger partial charge on any atom is -0.314 e. The van der Waals surface area contributed by atoms with Crippen molar-refractivity contribution in [1.29, 1.82) is 0 Å². The Balaban J connectivity index is 0.00000128. The highest BCUT2D eigenvalue weighted by Crippen LogP contribution is 2.06. The Morgan fingerprint density at radius 2 is 2.12 bits per heavy atom. The van der Waals surface area contributed by atoms with Crippen LogP contribution in [0.15, 0.2) is 18.5 Å². The van der Waals surface area contributed by atoms with Crippen molar-refractivity contribution in [3.05, 3.63) is 29.8 Å². The van der Waals surface area contributed by atoms with Gasteiger partial charge in [-0.25, -0.2) is 4.39 Å². The summed E-state index contributed by atoms with van der Waals surface area (Å²) >= 11 is 0. The van der Waals surface area contributed by atoms with Gasteiger partial charge in [0.2, 0.25) is 0 Å². The van der Waals surface area contributed by atoms with Crippen molar-refractivity contribution in [3.8, 4) is 0 Å². The average Bonchev–Trinajstić information content (AvgIpc) is 2.29. The molecule has 16 heavy (non-hydrogen) atoms. The summed E-state index contributed by atoms with van der Waals surface area (Å²) in [5, 5.41) is 3.30. The summed E-state index contributed by atoms with van der Waals surface area (Å²) in [6, 6.07) is 1.76. The first-order valence-corrected chi connectivity index (χ1v) is 5.38. The third-order valence-corrected chi connectivity index (χ3v) is 2.76. The molecule has 0 amide bonds. The van der Waals surface area contributed by atoms with Gasteiger partial charge in [-0.15, -0.1) is 12.4 Å². The molecule has 1 saturated heterocycles. The summed E-state index contributed by atoms with van der Waals surface area (Å²) in [5.41, 5.74) is 0.767. The van der Waals surface area contributed by atoms with Gasteiger partial charge in [-0.3, -0.25) is 4.98 Å². The number of hydrogen-bond donors (Lipinski definition) is 1. The fraction of sp³-hybridized carbons (Fsp3) is 0.545. The smallest absolute Gasteiger partial charge is 0.144 e. The van der Waals surface area contributed by atoms with Gasteiger partial charge >= 0.3 is 0 Å². The normalized spacial score (nSPS) is 16.8. The Morgan fingerprint density at radius 3 is 2.81 bits per heavy atom. The molecule has 1 fully saturated rings. The Bertz CT molecular complexity index is 316. The van der Waals surface area contributed by atoms with Crippen LogP contribution in [0.3, 0.4) is 0 Å². The molecule has 90 valence electrons. The number of nitrogens with zero attached hydrogens (tertiary/aromatic N) is 2. The topological polar surface area (TPSA) is 28.2 Å². The fourth-order valence-corrected chi connectivity index (χ4v) is 1.82. The number of piperazine rings is 1. The monoisotopic (exact) mass is 245 g/mol. The molecule has 2 heterocycles. The Hall–Kier alpha value is -0.710. The lowest BCUT2D eigenvalue weighted by Gasteiger charge is -2.27. The van der Waals surface area contributed by atoms with Crippen molar-refractivity contribution >= 4 is 12.4 Å². The summed E-state index contributed by atoms with van der Waals surface area (Å²) in [6.45, 7) is 5.14. The molecule has 0 spiro atoms. The van der Waals surface area contributed by atoms with Crippen LogP contribution in [-0.2, 0) is 6.42 Å². The molecule has 1 aromatic heterocycles. The summed E-state index contributed by atoms with van der Waals surface area (Å²) in [6.07, 6.45) is 3.71. The zero-order valence-electron chi connectivity index (χ0n) is 9.16. The molecule has 0 unspecified atom stereocenters. The Kier molecular flexibility index (Phi) is 5.66. The Labute approximate surface area is 101 Å². The van der Waals surface area contributed by atoms with E-state index in [0.29, 0.717) is 0 Å². The van der Waals surface area contributed by atoms with E-state index in [2.05, 4.69) is 15.2 Å². The highest BCUT2D eigenvalue weighted by molar-refractivity contribution is 5.85. The van der Waals surface area contributed by atoms with E-state index in [1.54, 1.807) is 12.3 Å². The molecule has 0 saturated carbocycles. The summed E-state index contributed by atoms with van der Waals surface area (Å²) in [5.74, 6) is -0.187. The van der Waals surface area contributed by atoms with Gasteiger partial charge in [0.05, 0.1) is 6.20 Å². The summed E-state index contributed by atoms with van der Waals surface area (Å²) in [4.78, 5) is 6.10. The van der Waals surface area contributed by atoms with E-state index < -0.39 is 0 Å². The number of pyridine rings is 1. The zero-order valence-corrected chi connectivity index (χ0v) is 9.97. The van der Waals surface area contributed by atoms with Crippen molar-refractivity contribution in [2.45, 2.75) is 6.42 Å². The maximum atomic E-state index is 13.3. The van der Waals surface area contributed by atoms with Gasteiger partial charge in [0.25, 0.3) is 0 Å². The second-order valence-corrected chi connectivity index (χ2v) is 3.81. The first-order chi connectivity index (χ1) is 7.36. The second kappa shape index (κ2) is 6.78. The maximum absolute atomic E-state index is 13.3. The molecular weight excluding hydrogens is 229 g/mol. The molecule has 2 rings (SSSR count). The molecule has 0 atom stereocenters. The summed E-state index contributed by atoms with van der Waals surface area (Å²) < 4.78 is 13.3. The maximum Gasteiger partial charge on any atom is 0.144 e. The molecule has 0 aliphatic carbocycles. The number of halogens is 2. The summed E-state index contributed by atoms with van der Waals surface area (Å²) in [7, 11) is 0. The van der Waals surface area contributed by atoms with Gasteiger partial charge in [-0.2, -0.15) is 0 Å². The van der Waals surface area contributed by atoms with E-state index in [-0.39, 0.29) is 18.2 Å². The molecular formula is C11H17ClFN3. The zero-order chi connectivity index (χ0) is 10.5. The minimum atomic E-state index is -0.187. The van der Waals surface area contributed by atoms with Crippen molar-refractivity contribution in [2.75, 3.05) is 32.7 Å². The van der Waals surface area contributed by atoms with E-state index >= 15 is 0 Å². The Morgan fingerprint density at radius 1 is 1.38 bits per heavy atom. The quantitative estimate of drug-likeness (QED) is 0.864. The van der Waals surface area contributed by atoms with Crippen LogP contribution in [-0.4, -0.2) is 42.6 Å². The average molecular weight is 246 g/mol. The molecule has 5 heteroatoms. The molecule has 0 radical (unpaired) electrons. The number of rotatable bonds is 3. The van der Waals surface area contributed by atoms with Crippen LogP contribution in [0.5, 0.6) is 0 Å². The van der Waals surface area contributed by atoms with Gasteiger partial charge in [-0.1, -0.05) is 0 Å². The minimum absolute atomic E-state index is 0. The fourth-order valence-electron chi connectivity index (χ4n) is 1.82.